The fourth-order valence-electron chi connectivity index (χ4n) is 1.70. The maximum absolute atomic E-state index is 11.3. The number of hydrogen-bond donors (Lipinski definition) is 1. The molecule has 78 valence electrons. The van der Waals surface area contributed by atoms with E-state index < -0.39 is 0 Å². The van der Waals surface area contributed by atoms with Gasteiger partial charge in [-0.1, -0.05) is 6.92 Å². The molecule has 2 N–H and O–H groups in total. The van der Waals surface area contributed by atoms with Gasteiger partial charge in [0.2, 0.25) is 0 Å². The third kappa shape index (κ3) is 1.70. The van der Waals surface area contributed by atoms with Crippen LogP contribution in [0.5, 0.6) is 0 Å². The Labute approximate surface area is 83.8 Å². The molecule has 0 bridgehead atoms. The lowest BCUT2D eigenvalue weighted by molar-refractivity contribution is 0.686. The highest BCUT2D eigenvalue weighted by Crippen LogP contribution is 2.19. The van der Waals surface area contributed by atoms with Gasteiger partial charge in [-0.15, -0.1) is 0 Å². The van der Waals surface area contributed by atoms with Crippen molar-refractivity contribution in [1.29, 1.82) is 0 Å². The normalized spacial score (nSPS) is 12.9. The Bertz CT molecular complexity index is 395. The molecule has 4 heteroatoms. The average Bonchev–Trinajstić information content (AvgIpc) is 2.14. The monoisotopic (exact) mass is 195 g/mol. The van der Waals surface area contributed by atoms with Crippen LogP contribution in [0.15, 0.2) is 4.79 Å². The summed E-state index contributed by atoms with van der Waals surface area (Å²) >= 11 is 0. The van der Waals surface area contributed by atoms with Gasteiger partial charge in [0.1, 0.15) is 0 Å². The minimum Gasteiger partial charge on any atom is -0.330 e. The first-order valence-electron chi connectivity index (χ1n) is 4.73. The van der Waals surface area contributed by atoms with Crippen LogP contribution in [0.4, 0.5) is 0 Å². The van der Waals surface area contributed by atoms with Crippen molar-refractivity contribution < 1.29 is 0 Å². The van der Waals surface area contributed by atoms with Crippen molar-refractivity contribution in [2.75, 3.05) is 6.54 Å². The van der Waals surface area contributed by atoms with Gasteiger partial charge in [0.05, 0.1) is 0 Å². The molecule has 0 aliphatic carbocycles. The quantitative estimate of drug-likeness (QED) is 0.745. The van der Waals surface area contributed by atoms with E-state index in [1.54, 1.807) is 11.6 Å². The number of aromatic nitrogens is 2. The Balaban J connectivity index is 3.44. The second-order valence-electron chi connectivity index (χ2n) is 3.67. The Morgan fingerprint density at radius 3 is 2.57 bits per heavy atom. The summed E-state index contributed by atoms with van der Waals surface area (Å²) < 4.78 is 1.56. The molecule has 1 aromatic heterocycles. The lowest BCUT2D eigenvalue weighted by Crippen LogP contribution is -2.27. The Kier molecular flexibility index (Phi) is 3.06. The first-order valence-corrected chi connectivity index (χ1v) is 4.73. The van der Waals surface area contributed by atoms with Crippen LogP contribution >= 0.6 is 0 Å². The molecule has 0 spiro atoms. The standard InChI is InChI=1S/C10H17N3O/c1-6(5-11)9-7(2)12-10(14)13(4)8(9)3/h6H,5,11H2,1-4H3. The minimum atomic E-state index is -0.201. The Hall–Kier alpha value is -1.16. The molecule has 1 unspecified atom stereocenters. The number of nitrogens with zero attached hydrogens (tertiary/aromatic N) is 2. The van der Waals surface area contributed by atoms with E-state index >= 15 is 0 Å². The summed E-state index contributed by atoms with van der Waals surface area (Å²) in [7, 11) is 1.73. The van der Waals surface area contributed by atoms with Crippen molar-refractivity contribution in [1.82, 2.24) is 9.55 Å². The molecule has 0 aliphatic heterocycles. The zero-order valence-corrected chi connectivity index (χ0v) is 9.16. The molecular formula is C10H17N3O. The molecule has 0 fully saturated rings. The van der Waals surface area contributed by atoms with Gasteiger partial charge in [-0.25, -0.2) is 4.79 Å². The van der Waals surface area contributed by atoms with Crippen molar-refractivity contribution in [2.24, 2.45) is 12.8 Å². The molecule has 1 atom stereocenters. The van der Waals surface area contributed by atoms with Crippen LogP contribution < -0.4 is 11.4 Å². The SMILES string of the molecule is Cc1nc(=O)n(C)c(C)c1C(C)CN. The van der Waals surface area contributed by atoms with Crippen molar-refractivity contribution in [3.8, 4) is 0 Å². The molecule has 0 amide bonds. The molecule has 0 saturated heterocycles. The fourth-order valence-corrected chi connectivity index (χ4v) is 1.70. The predicted molar refractivity (Wildman–Crippen MR) is 56.4 cm³/mol. The van der Waals surface area contributed by atoms with Crippen molar-refractivity contribution in [3.63, 3.8) is 0 Å². The Morgan fingerprint density at radius 2 is 2.07 bits per heavy atom. The van der Waals surface area contributed by atoms with Crippen LogP contribution in [0.1, 0.15) is 29.8 Å². The summed E-state index contributed by atoms with van der Waals surface area (Å²) in [6, 6.07) is 0. The van der Waals surface area contributed by atoms with E-state index in [-0.39, 0.29) is 11.6 Å². The van der Waals surface area contributed by atoms with Crippen molar-refractivity contribution in [3.05, 3.63) is 27.4 Å². The molecule has 0 aliphatic rings. The van der Waals surface area contributed by atoms with Gasteiger partial charge < -0.3 is 5.73 Å². The molecule has 1 heterocycles. The second-order valence-corrected chi connectivity index (χ2v) is 3.67. The van der Waals surface area contributed by atoms with Gasteiger partial charge in [-0.2, -0.15) is 4.98 Å². The smallest absolute Gasteiger partial charge is 0.330 e. The summed E-state index contributed by atoms with van der Waals surface area (Å²) in [5.41, 5.74) is 8.26. The van der Waals surface area contributed by atoms with E-state index in [4.69, 9.17) is 5.73 Å². The zero-order valence-electron chi connectivity index (χ0n) is 9.16. The first-order chi connectivity index (χ1) is 6.49. The van der Waals surface area contributed by atoms with Gasteiger partial charge >= 0.3 is 5.69 Å². The van der Waals surface area contributed by atoms with Gasteiger partial charge in [-0.3, -0.25) is 4.57 Å². The number of nitrogens with two attached hydrogens (primary N) is 1. The highest BCUT2D eigenvalue weighted by Gasteiger charge is 2.13. The maximum atomic E-state index is 11.3. The minimum absolute atomic E-state index is 0.201. The molecule has 1 rings (SSSR count). The summed E-state index contributed by atoms with van der Waals surface area (Å²) in [4.78, 5) is 15.3. The molecule has 4 nitrogen and oxygen atoms in total. The third-order valence-corrected chi connectivity index (χ3v) is 2.68. The van der Waals surface area contributed by atoms with Gasteiger partial charge in [-0.05, 0) is 31.9 Å². The van der Waals surface area contributed by atoms with Crippen LogP contribution in [0, 0.1) is 13.8 Å². The van der Waals surface area contributed by atoms with Gasteiger partial charge in [0.15, 0.2) is 0 Å². The first kappa shape index (κ1) is 10.9. The third-order valence-electron chi connectivity index (χ3n) is 2.68. The van der Waals surface area contributed by atoms with Crippen LogP contribution in [0.25, 0.3) is 0 Å². The van der Waals surface area contributed by atoms with Crippen molar-refractivity contribution >= 4 is 0 Å². The van der Waals surface area contributed by atoms with Crippen LogP contribution in [-0.4, -0.2) is 16.1 Å². The molecule has 0 saturated carbocycles. The van der Waals surface area contributed by atoms with E-state index in [9.17, 15) is 4.79 Å². The van der Waals surface area contributed by atoms with Crippen molar-refractivity contribution in [2.45, 2.75) is 26.7 Å². The summed E-state index contributed by atoms with van der Waals surface area (Å²) in [6.07, 6.45) is 0. The highest BCUT2D eigenvalue weighted by molar-refractivity contribution is 5.27. The maximum Gasteiger partial charge on any atom is 0.347 e. The molecular weight excluding hydrogens is 178 g/mol. The Morgan fingerprint density at radius 1 is 1.50 bits per heavy atom. The predicted octanol–water partition coefficient (Wildman–Crippen LogP) is 0.459. The summed E-state index contributed by atoms with van der Waals surface area (Å²) in [5.74, 6) is 0.245. The largest absolute Gasteiger partial charge is 0.347 e. The van der Waals surface area contributed by atoms with Gasteiger partial charge in [0.25, 0.3) is 0 Å². The topological polar surface area (TPSA) is 60.9 Å². The highest BCUT2D eigenvalue weighted by atomic mass is 16.1. The van der Waals surface area contributed by atoms with E-state index in [1.165, 1.54) is 0 Å². The molecule has 14 heavy (non-hydrogen) atoms. The van der Waals surface area contributed by atoms with E-state index in [0.29, 0.717) is 6.54 Å². The lowest BCUT2D eigenvalue weighted by atomic mass is 9.98. The zero-order chi connectivity index (χ0) is 10.9. The van der Waals surface area contributed by atoms with Crippen LogP contribution in [0.2, 0.25) is 0 Å². The molecule has 0 aromatic carbocycles. The number of hydrogen-bond acceptors (Lipinski definition) is 3. The average molecular weight is 195 g/mol. The second kappa shape index (κ2) is 3.92. The van der Waals surface area contributed by atoms with E-state index in [0.717, 1.165) is 17.0 Å². The lowest BCUT2D eigenvalue weighted by Gasteiger charge is -2.16. The molecule has 1 aromatic rings. The van der Waals surface area contributed by atoms with E-state index in [2.05, 4.69) is 4.98 Å². The van der Waals surface area contributed by atoms with Gasteiger partial charge in [0, 0.05) is 18.4 Å². The molecule has 0 radical (unpaired) electrons. The summed E-state index contributed by atoms with van der Waals surface area (Å²) in [5, 5.41) is 0. The van der Waals surface area contributed by atoms with E-state index in [1.807, 2.05) is 20.8 Å². The number of rotatable bonds is 2. The summed E-state index contributed by atoms with van der Waals surface area (Å²) in [6.45, 7) is 6.40. The fraction of sp³-hybridized carbons (Fsp3) is 0.600. The van der Waals surface area contributed by atoms with Crippen LogP contribution in [0.3, 0.4) is 0 Å². The van der Waals surface area contributed by atoms with Crippen LogP contribution in [-0.2, 0) is 7.05 Å². The number of aryl methyl sites for hydroxylation is 1.